The van der Waals surface area contributed by atoms with Crippen LogP contribution in [0.25, 0.3) is 0 Å². The van der Waals surface area contributed by atoms with Crippen molar-refractivity contribution in [3.8, 4) is 12.3 Å². The third-order valence-corrected chi connectivity index (χ3v) is 1.37. The monoisotopic (exact) mass is 140 g/mol. The number of rotatable bonds is 5. The second-order valence-corrected chi connectivity index (χ2v) is 2.40. The van der Waals surface area contributed by atoms with Gasteiger partial charge in [0.15, 0.2) is 0 Å². The third-order valence-electron chi connectivity index (χ3n) is 1.37. The lowest BCUT2D eigenvalue weighted by Gasteiger charge is -2.13. The van der Waals surface area contributed by atoms with E-state index in [-0.39, 0.29) is 0 Å². The van der Waals surface area contributed by atoms with Crippen molar-refractivity contribution in [1.29, 1.82) is 0 Å². The second kappa shape index (κ2) is 6.60. The Kier molecular flexibility index (Phi) is 6.25. The Morgan fingerprint density at radius 3 is 2.70 bits per heavy atom. The fraction of sp³-hybridized carbons (Fsp3) is 0.750. The van der Waals surface area contributed by atoms with E-state index >= 15 is 0 Å². The summed E-state index contributed by atoms with van der Waals surface area (Å²) in [7, 11) is 2.06. The quantitative estimate of drug-likeness (QED) is 0.439. The number of unbranched alkanes of at least 4 members (excludes halogenated alkanes) is 1. The molecular weight excluding hydrogens is 124 g/mol. The minimum Gasteiger partial charge on any atom is -0.329 e. The highest BCUT2D eigenvalue weighted by molar-refractivity contribution is 4.83. The van der Waals surface area contributed by atoms with E-state index in [4.69, 9.17) is 12.2 Å². The fourth-order valence-electron chi connectivity index (χ4n) is 0.783. The van der Waals surface area contributed by atoms with Crippen molar-refractivity contribution in [2.75, 3.05) is 26.7 Å². The molecule has 0 aliphatic carbocycles. The van der Waals surface area contributed by atoms with Crippen LogP contribution in [-0.2, 0) is 0 Å². The Morgan fingerprint density at radius 1 is 1.50 bits per heavy atom. The van der Waals surface area contributed by atoms with E-state index in [1.807, 2.05) is 0 Å². The molecule has 0 amide bonds. The lowest BCUT2D eigenvalue weighted by atomic mass is 10.3. The zero-order valence-corrected chi connectivity index (χ0v) is 6.64. The molecule has 2 nitrogen and oxygen atoms in total. The van der Waals surface area contributed by atoms with Crippen molar-refractivity contribution in [3.63, 3.8) is 0 Å². The Labute approximate surface area is 63.4 Å². The first-order valence-corrected chi connectivity index (χ1v) is 3.63. The molecule has 2 heteroatoms. The van der Waals surface area contributed by atoms with Crippen LogP contribution < -0.4 is 5.73 Å². The number of hydrogen-bond donors (Lipinski definition) is 1. The summed E-state index contributed by atoms with van der Waals surface area (Å²) < 4.78 is 0. The molecule has 0 atom stereocenters. The van der Waals surface area contributed by atoms with Crippen molar-refractivity contribution in [2.45, 2.75) is 12.8 Å². The van der Waals surface area contributed by atoms with Crippen molar-refractivity contribution in [3.05, 3.63) is 0 Å². The molecule has 0 spiro atoms. The summed E-state index contributed by atoms with van der Waals surface area (Å²) in [5.74, 6) is 2.61. The van der Waals surface area contributed by atoms with Gasteiger partial charge in [0.25, 0.3) is 0 Å². The molecule has 0 aliphatic rings. The molecule has 0 aromatic heterocycles. The van der Waals surface area contributed by atoms with E-state index in [1.54, 1.807) is 0 Å². The number of hydrogen-bond acceptors (Lipinski definition) is 2. The maximum Gasteiger partial charge on any atom is 0.0102 e. The molecule has 0 aromatic rings. The normalized spacial score (nSPS) is 9.80. The number of terminal acetylenes is 1. The van der Waals surface area contributed by atoms with Gasteiger partial charge in [0.05, 0.1) is 0 Å². The zero-order valence-electron chi connectivity index (χ0n) is 6.64. The molecule has 0 heterocycles. The van der Waals surface area contributed by atoms with E-state index in [1.165, 1.54) is 0 Å². The van der Waals surface area contributed by atoms with Crippen LogP contribution in [0.2, 0.25) is 0 Å². The summed E-state index contributed by atoms with van der Waals surface area (Å²) in [4.78, 5) is 2.19. The average Bonchev–Trinajstić information content (AvgIpc) is 1.89. The molecule has 0 unspecified atom stereocenters. The molecule has 2 N–H and O–H groups in total. The lowest BCUT2D eigenvalue weighted by Crippen LogP contribution is -2.26. The van der Waals surface area contributed by atoms with Gasteiger partial charge in [-0.05, 0) is 20.0 Å². The molecule has 0 saturated carbocycles. The first kappa shape index (κ1) is 9.48. The van der Waals surface area contributed by atoms with Gasteiger partial charge in [-0.2, -0.15) is 0 Å². The van der Waals surface area contributed by atoms with Gasteiger partial charge >= 0.3 is 0 Å². The largest absolute Gasteiger partial charge is 0.329 e. The Bertz CT molecular complexity index is 104. The molecule has 10 heavy (non-hydrogen) atoms. The van der Waals surface area contributed by atoms with Crippen LogP contribution in [0.4, 0.5) is 0 Å². The van der Waals surface area contributed by atoms with Crippen LogP contribution in [0.3, 0.4) is 0 Å². The third kappa shape index (κ3) is 5.61. The van der Waals surface area contributed by atoms with E-state index in [2.05, 4.69) is 17.9 Å². The fourth-order valence-corrected chi connectivity index (χ4v) is 0.783. The molecule has 0 radical (unpaired) electrons. The van der Waals surface area contributed by atoms with E-state index in [9.17, 15) is 0 Å². The van der Waals surface area contributed by atoms with Gasteiger partial charge in [-0.3, -0.25) is 0 Å². The van der Waals surface area contributed by atoms with Crippen molar-refractivity contribution >= 4 is 0 Å². The Balaban J connectivity index is 3.06. The summed E-state index contributed by atoms with van der Waals surface area (Å²) in [5.41, 5.74) is 5.35. The minimum absolute atomic E-state index is 0.729. The van der Waals surface area contributed by atoms with Gasteiger partial charge in [-0.25, -0.2) is 0 Å². The first-order chi connectivity index (χ1) is 4.81. The number of nitrogens with zero attached hydrogens (tertiary/aromatic N) is 1. The first-order valence-electron chi connectivity index (χ1n) is 3.63. The van der Waals surface area contributed by atoms with Crippen molar-refractivity contribution in [1.82, 2.24) is 4.90 Å². The maximum atomic E-state index is 5.35. The van der Waals surface area contributed by atoms with Gasteiger partial charge in [0.2, 0.25) is 0 Å². The Morgan fingerprint density at radius 2 is 2.20 bits per heavy atom. The summed E-state index contributed by atoms with van der Waals surface area (Å²) in [5, 5.41) is 0. The average molecular weight is 140 g/mol. The van der Waals surface area contributed by atoms with Crippen LogP contribution >= 0.6 is 0 Å². The minimum atomic E-state index is 0.729. The summed E-state index contributed by atoms with van der Waals surface area (Å²) in [6.07, 6.45) is 7.04. The van der Waals surface area contributed by atoms with Crippen LogP contribution in [0.5, 0.6) is 0 Å². The van der Waals surface area contributed by atoms with Gasteiger partial charge < -0.3 is 10.6 Å². The maximum absolute atomic E-state index is 5.35. The van der Waals surface area contributed by atoms with Crippen molar-refractivity contribution < 1.29 is 0 Å². The molecule has 0 aromatic carbocycles. The summed E-state index contributed by atoms with van der Waals surface area (Å²) >= 11 is 0. The van der Waals surface area contributed by atoms with Gasteiger partial charge in [0.1, 0.15) is 0 Å². The zero-order chi connectivity index (χ0) is 7.82. The van der Waals surface area contributed by atoms with E-state index in [0.717, 1.165) is 32.5 Å². The van der Waals surface area contributed by atoms with Crippen LogP contribution in [0.15, 0.2) is 0 Å². The topological polar surface area (TPSA) is 29.3 Å². The highest BCUT2D eigenvalue weighted by Crippen LogP contribution is 1.89. The summed E-state index contributed by atoms with van der Waals surface area (Å²) in [6, 6.07) is 0. The number of likely N-dealkylation sites (N-methyl/N-ethyl adjacent to an activating group) is 1. The molecule has 58 valence electrons. The molecule has 0 saturated heterocycles. The molecule has 0 fully saturated rings. The second-order valence-electron chi connectivity index (χ2n) is 2.40. The van der Waals surface area contributed by atoms with Crippen molar-refractivity contribution in [2.24, 2.45) is 5.73 Å². The highest BCUT2D eigenvalue weighted by atomic mass is 15.1. The molecule has 0 rings (SSSR count). The van der Waals surface area contributed by atoms with Crippen LogP contribution in [-0.4, -0.2) is 31.6 Å². The van der Waals surface area contributed by atoms with Crippen LogP contribution in [0.1, 0.15) is 12.8 Å². The van der Waals surface area contributed by atoms with E-state index < -0.39 is 0 Å². The Hall–Kier alpha value is -0.520. The summed E-state index contributed by atoms with van der Waals surface area (Å²) in [6.45, 7) is 2.75. The molecular formula is C8H16N2. The SMILES string of the molecule is C#CCCCN(C)CCN. The molecule has 0 aliphatic heterocycles. The lowest BCUT2D eigenvalue weighted by molar-refractivity contribution is 0.340. The predicted molar refractivity (Wildman–Crippen MR) is 44.6 cm³/mol. The predicted octanol–water partition coefficient (Wildman–Crippen LogP) is 0.290. The van der Waals surface area contributed by atoms with E-state index in [0.29, 0.717) is 0 Å². The van der Waals surface area contributed by atoms with Gasteiger partial charge in [-0.1, -0.05) is 0 Å². The van der Waals surface area contributed by atoms with Gasteiger partial charge in [0, 0.05) is 19.5 Å². The highest BCUT2D eigenvalue weighted by Gasteiger charge is 1.93. The smallest absolute Gasteiger partial charge is 0.0102 e. The van der Waals surface area contributed by atoms with Gasteiger partial charge in [-0.15, -0.1) is 12.3 Å². The number of nitrogens with two attached hydrogens (primary N) is 1. The van der Waals surface area contributed by atoms with Crippen LogP contribution in [0, 0.1) is 12.3 Å². The molecule has 0 bridgehead atoms. The standard InChI is InChI=1S/C8H16N2/c1-3-4-5-7-10(2)8-6-9/h1H,4-9H2,2H3.